The van der Waals surface area contributed by atoms with Crippen LogP contribution in [0.5, 0.6) is 0 Å². The fraction of sp³-hybridized carbons (Fsp3) is 0.500. The van der Waals surface area contributed by atoms with Gasteiger partial charge in [0.05, 0.1) is 6.54 Å². The molecule has 0 atom stereocenters. The second-order valence-corrected chi connectivity index (χ2v) is 9.01. The Morgan fingerprint density at radius 2 is 1.96 bits per heavy atom. The number of aryl methyl sites for hydroxylation is 2. The smallest absolute Gasteiger partial charge is 0.179 e. The van der Waals surface area contributed by atoms with Gasteiger partial charge in [-0.2, -0.15) is 0 Å². The Morgan fingerprint density at radius 1 is 1.26 bits per heavy atom. The average Bonchev–Trinajstić information content (AvgIpc) is 2.59. The standard InChI is InChI=1S/C18H24FN5O2S/c1-13-11-16(23-14(2)22-13)21-12-18(19)6-9-24(10-7-18)17-15(27(3,25)26)5-4-8-20-17/h4-5,8,11H,6-7,9-10,12H2,1-3H3,(H,21,22,23). The SMILES string of the molecule is Cc1cc(NCC2(F)CCN(c3ncccc3S(C)(=O)=O)CC2)nc(C)n1. The van der Waals surface area contributed by atoms with Crippen LogP contribution in [0.25, 0.3) is 0 Å². The van der Waals surface area contributed by atoms with Crippen molar-refractivity contribution in [2.45, 2.75) is 37.3 Å². The van der Waals surface area contributed by atoms with Crippen LogP contribution in [-0.2, 0) is 9.84 Å². The largest absolute Gasteiger partial charge is 0.367 e. The number of halogens is 1. The molecule has 2 aromatic rings. The number of pyridine rings is 1. The molecule has 0 bridgehead atoms. The molecule has 0 spiro atoms. The molecule has 1 aliphatic rings. The van der Waals surface area contributed by atoms with Crippen LogP contribution in [-0.4, -0.2) is 54.9 Å². The third-order valence-electron chi connectivity index (χ3n) is 4.66. The lowest BCUT2D eigenvalue weighted by Crippen LogP contribution is -2.46. The number of piperidine rings is 1. The zero-order valence-corrected chi connectivity index (χ0v) is 16.6. The first-order chi connectivity index (χ1) is 12.7. The van der Waals surface area contributed by atoms with Crippen molar-refractivity contribution < 1.29 is 12.8 Å². The van der Waals surface area contributed by atoms with Gasteiger partial charge in [0.1, 0.15) is 28.0 Å². The molecular weight excluding hydrogens is 369 g/mol. The molecule has 0 unspecified atom stereocenters. The van der Waals surface area contributed by atoms with Crippen molar-refractivity contribution in [3.8, 4) is 0 Å². The molecule has 9 heteroatoms. The summed E-state index contributed by atoms with van der Waals surface area (Å²) in [7, 11) is -3.39. The van der Waals surface area contributed by atoms with Gasteiger partial charge < -0.3 is 10.2 Å². The van der Waals surface area contributed by atoms with Gasteiger partial charge in [-0.1, -0.05) is 0 Å². The molecule has 0 amide bonds. The number of hydrogen-bond donors (Lipinski definition) is 1. The van der Waals surface area contributed by atoms with E-state index in [4.69, 9.17) is 0 Å². The van der Waals surface area contributed by atoms with Crippen molar-refractivity contribution in [1.82, 2.24) is 15.0 Å². The van der Waals surface area contributed by atoms with Gasteiger partial charge in [-0.25, -0.2) is 27.8 Å². The molecule has 1 fully saturated rings. The fourth-order valence-electron chi connectivity index (χ4n) is 3.26. The Morgan fingerprint density at radius 3 is 2.59 bits per heavy atom. The Kier molecular flexibility index (Phi) is 5.32. The van der Waals surface area contributed by atoms with E-state index in [1.165, 1.54) is 6.07 Å². The summed E-state index contributed by atoms with van der Waals surface area (Å²) in [5, 5.41) is 3.07. The summed E-state index contributed by atoms with van der Waals surface area (Å²) in [6.45, 7) is 4.63. The number of sulfone groups is 1. The Balaban J connectivity index is 1.66. The van der Waals surface area contributed by atoms with E-state index < -0.39 is 15.5 Å². The van der Waals surface area contributed by atoms with Crippen LogP contribution in [0.1, 0.15) is 24.4 Å². The maximum atomic E-state index is 15.2. The van der Waals surface area contributed by atoms with Gasteiger partial charge in [-0.3, -0.25) is 0 Å². The van der Waals surface area contributed by atoms with E-state index in [1.807, 2.05) is 11.8 Å². The predicted octanol–water partition coefficient (Wildman–Crippen LogP) is 2.31. The van der Waals surface area contributed by atoms with Gasteiger partial charge in [-0.05, 0) is 26.0 Å². The summed E-state index contributed by atoms with van der Waals surface area (Å²) in [6, 6.07) is 4.92. The minimum absolute atomic E-state index is 0.151. The summed E-state index contributed by atoms with van der Waals surface area (Å²) in [5.41, 5.74) is -0.556. The zero-order chi connectivity index (χ0) is 19.7. The number of hydrogen-bond acceptors (Lipinski definition) is 7. The molecule has 2 aromatic heterocycles. The minimum Gasteiger partial charge on any atom is -0.367 e. The molecule has 1 N–H and O–H groups in total. The molecule has 0 aliphatic carbocycles. The highest BCUT2D eigenvalue weighted by Gasteiger charge is 2.36. The molecule has 3 heterocycles. The molecule has 7 nitrogen and oxygen atoms in total. The molecule has 27 heavy (non-hydrogen) atoms. The van der Waals surface area contributed by atoms with E-state index >= 15 is 4.39 Å². The van der Waals surface area contributed by atoms with Crippen LogP contribution < -0.4 is 10.2 Å². The lowest BCUT2D eigenvalue weighted by Gasteiger charge is -2.37. The minimum atomic E-state index is -3.39. The first-order valence-electron chi connectivity index (χ1n) is 8.81. The Labute approximate surface area is 159 Å². The van der Waals surface area contributed by atoms with Crippen LogP contribution in [0.3, 0.4) is 0 Å². The van der Waals surface area contributed by atoms with Gasteiger partial charge in [0.15, 0.2) is 9.84 Å². The third-order valence-corrected chi connectivity index (χ3v) is 5.78. The molecule has 0 radical (unpaired) electrons. The van der Waals surface area contributed by atoms with Gasteiger partial charge in [0, 0.05) is 50.1 Å². The van der Waals surface area contributed by atoms with Crippen molar-refractivity contribution in [3.63, 3.8) is 0 Å². The number of alkyl halides is 1. The van der Waals surface area contributed by atoms with E-state index in [9.17, 15) is 8.42 Å². The topological polar surface area (TPSA) is 88.1 Å². The van der Waals surface area contributed by atoms with E-state index in [0.29, 0.717) is 30.5 Å². The van der Waals surface area contributed by atoms with E-state index in [2.05, 4.69) is 20.3 Å². The predicted molar refractivity (Wildman–Crippen MR) is 103 cm³/mol. The van der Waals surface area contributed by atoms with Crippen molar-refractivity contribution in [3.05, 3.63) is 35.9 Å². The van der Waals surface area contributed by atoms with Crippen LogP contribution >= 0.6 is 0 Å². The molecule has 3 rings (SSSR count). The lowest BCUT2D eigenvalue weighted by atomic mass is 9.93. The highest BCUT2D eigenvalue weighted by molar-refractivity contribution is 7.90. The van der Waals surface area contributed by atoms with Crippen LogP contribution in [0, 0.1) is 13.8 Å². The van der Waals surface area contributed by atoms with E-state index in [-0.39, 0.29) is 24.3 Å². The zero-order valence-electron chi connectivity index (χ0n) is 15.7. The van der Waals surface area contributed by atoms with Crippen LogP contribution in [0.2, 0.25) is 0 Å². The lowest BCUT2D eigenvalue weighted by molar-refractivity contribution is 0.140. The third kappa shape index (κ3) is 4.71. The summed E-state index contributed by atoms with van der Waals surface area (Å²) >= 11 is 0. The monoisotopic (exact) mass is 393 g/mol. The summed E-state index contributed by atoms with van der Waals surface area (Å²) in [4.78, 5) is 14.7. The molecular formula is C18H24FN5O2S. The quantitative estimate of drug-likeness (QED) is 0.834. The molecule has 0 aromatic carbocycles. The molecule has 1 saturated heterocycles. The number of nitrogens with zero attached hydrogens (tertiary/aromatic N) is 4. The summed E-state index contributed by atoms with van der Waals surface area (Å²) < 4.78 is 39.2. The first-order valence-corrected chi connectivity index (χ1v) is 10.7. The Hall–Kier alpha value is -2.29. The van der Waals surface area contributed by atoms with Gasteiger partial charge >= 0.3 is 0 Å². The van der Waals surface area contributed by atoms with E-state index in [0.717, 1.165) is 11.9 Å². The van der Waals surface area contributed by atoms with E-state index in [1.54, 1.807) is 25.3 Å². The summed E-state index contributed by atoms with van der Waals surface area (Å²) in [6.07, 6.45) is 3.28. The fourth-order valence-corrected chi connectivity index (χ4v) is 4.10. The Bertz CT molecular complexity index is 907. The summed E-state index contributed by atoms with van der Waals surface area (Å²) in [5.74, 6) is 1.66. The highest BCUT2D eigenvalue weighted by atomic mass is 32.2. The molecule has 1 aliphatic heterocycles. The van der Waals surface area contributed by atoms with Crippen molar-refractivity contribution in [2.24, 2.45) is 0 Å². The highest BCUT2D eigenvalue weighted by Crippen LogP contribution is 2.31. The maximum absolute atomic E-state index is 15.2. The number of aromatic nitrogens is 3. The van der Waals surface area contributed by atoms with Crippen LogP contribution in [0.15, 0.2) is 29.3 Å². The number of nitrogens with one attached hydrogen (secondary N) is 1. The maximum Gasteiger partial charge on any atom is 0.179 e. The first kappa shape index (κ1) is 19.5. The molecule has 0 saturated carbocycles. The second kappa shape index (κ2) is 7.38. The van der Waals surface area contributed by atoms with Crippen LogP contribution in [0.4, 0.5) is 16.0 Å². The number of rotatable bonds is 5. The van der Waals surface area contributed by atoms with Crippen molar-refractivity contribution in [1.29, 1.82) is 0 Å². The van der Waals surface area contributed by atoms with Crippen molar-refractivity contribution >= 4 is 21.5 Å². The number of anilines is 2. The van der Waals surface area contributed by atoms with Gasteiger partial charge in [0.2, 0.25) is 0 Å². The van der Waals surface area contributed by atoms with Gasteiger partial charge in [-0.15, -0.1) is 0 Å². The molecule has 146 valence electrons. The van der Waals surface area contributed by atoms with Gasteiger partial charge in [0.25, 0.3) is 0 Å². The second-order valence-electron chi connectivity index (χ2n) is 7.03. The average molecular weight is 393 g/mol. The van der Waals surface area contributed by atoms with Crippen molar-refractivity contribution in [2.75, 3.05) is 36.1 Å². The normalized spacial score (nSPS) is 17.0.